The third-order valence-electron chi connectivity index (χ3n) is 4.20. The fraction of sp³-hybridized carbons (Fsp3) is 0.562. The van der Waals surface area contributed by atoms with Crippen molar-refractivity contribution in [3.05, 3.63) is 33.8 Å². The summed E-state index contributed by atoms with van der Waals surface area (Å²) >= 11 is 3.43. The van der Waals surface area contributed by atoms with Crippen LogP contribution in [0.1, 0.15) is 54.9 Å². The van der Waals surface area contributed by atoms with Crippen LogP contribution in [-0.2, 0) is 0 Å². The molecular weight excluding hydrogens is 302 g/mol. The summed E-state index contributed by atoms with van der Waals surface area (Å²) in [5.41, 5.74) is 1.81. The Hall–Kier alpha value is -0.830. The Morgan fingerprint density at radius 1 is 1.32 bits per heavy atom. The minimum absolute atomic E-state index is 0.0683. The van der Waals surface area contributed by atoms with Crippen LogP contribution in [0.2, 0.25) is 0 Å². The van der Waals surface area contributed by atoms with Gasteiger partial charge in [0.2, 0.25) is 0 Å². The van der Waals surface area contributed by atoms with Crippen LogP contribution in [0.3, 0.4) is 0 Å². The predicted octanol–water partition coefficient (Wildman–Crippen LogP) is 4.46. The van der Waals surface area contributed by atoms with Crippen LogP contribution in [0.25, 0.3) is 0 Å². The highest BCUT2D eigenvalue weighted by atomic mass is 79.9. The summed E-state index contributed by atoms with van der Waals surface area (Å²) in [6.07, 6.45) is 6.01. The molecule has 0 saturated heterocycles. The molecule has 1 saturated carbocycles. The quantitative estimate of drug-likeness (QED) is 0.874. The van der Waals surface area contributed by atoms with Crippen molar-refractivity contribution in [1.82, 2.24) is 5.32 Å². The molecule has 0 heterocycles. The number of carbonyl (C=O) groups excluding carboxylic acids is 1. The Kier molecular flexibility index (Phi) is 5.03. The van der Waals surface area contributed by atoms with Gasteiger partial charge in [-0.15, -0.1) is 0 Å². The number of hydrogen-bond acceptors (Lipinski definition) is 1. The van der Waals surface area contributed by atoms with E-state index in [1.54, 1.807) is 0 Å². The van der Waals surface area contributed by atoms with Gasteiger partial charge in [-0.2, -0.15) is 0 Å². The lowest BCUT2D eigenvalue weighted by Crippen LogP contribution is -2.37. The summed E-state index contributed by atoms with van der Waals surface area (Å²) in [4.78, 5) is 12.3. The molecular formula is C16H22BrNO. The molecule has 0 aliphatic heterocycles. The molecule has 1 amide bonds. The van der Waals surface area contributed by atoms with Gasteiger partial charge in [0.05, 0.1) is 0 Å². The molecule has 1 aromatic carbocycles. The molecule has 0 aromatic heterocycles. The molecule has 19 heavy (non-hydrogen) atoms. The Morgan fingerprint density at radius 2 is 2.00 bits per heavy atom. The fourth-order valence-corrected chi connectivity index (χ4v) is 3.18. The van der Waals surface area contributed by atoms with E-state index >= 15 is 0 Å². The van der Waals surface area contributed by atoms with E-state index in [4.69, 9.17) is 0 Å². The molecule has 2 nitrogen and oxygen atoms in total. The van der Waals surface area contributed by atoms with Crippen LogP contribution < -0.4 is 5.32 Å². The van der Waals surface area contributed by atoms with Crippen molar-refractivity contribution in [3.8, 4) is 0 Å². The van der Waals surface area contributed by atoms with E-state index in [0.717, 1.165) is 34.4 Å². The van der Waals surface area contributed by atoms with E-state index in [2.05, 4.69) is 28.2 Å². The van der Waals surface area contributed by atoms with Gasteiger partial charge in [-0.3, -0.25) is 4.79 Å². The molecule has 0 atom stereocenters. The first kappa shape index (κ1) is 14.6. The number of rotatable bonds is 3. The maximum Gasteiger partial charge on any atom is 0.251 e. The number of amides is 1. The van der Waals surface area contributed by atoms with E-state index in [0.29, 0.717) is 6.04 Å². The van der Waals surface area contributed by atoms with Gasteiger partial charge in [-0.05, 0) is 56.2 Å². The van der Waals surface area contributed by atoms with Crippen LogP contribution in [0.5, 0.6) is 0 Å². The highest BCUT2D eigenvalue weighted by Gasteiger charge is 2.22. The third kappa shape index (κ3) is 3.82. The van der Waals surface area contributed by atoms with Crippen LogP contribution >= 0.6 is 15.9 Å². The summed E-state index contributed by atoms with van der Waals surface area (Å²) in [5.74, 6) is 0.930. The van der Waals surface area contributed by atoms with Crippen LogP contribution in [0.4, 0.5) is 0 Å². The Bertz CT molecular complexity index is 450. The Morgan fingerprint density at radius 3 is 2.63 bits per heavy atom. The van der Waals surface area contributed by atoms with Gasteiger partial charge < -0.3 is 5.32 Å². The van der Waals surface area contributed by atoms with E-state index in [1.165, 1.54) is 19.3 Å². The second-order valence-electron chi connectivity index (χ2n) is 5.56. The lowest BCUT2D eigenvalue weighted by atomic mass is 9.84. The van der Waals surface area contributed by atoms with Gasteiger partial charge >= 0.3 is 0 Å². The summed E-state index contributed by atoms with van der Waals surface area (Å²) in [6, 6.07) is 6.21. The van der Waals surface area contributed by atoms with E-state index in [-0.39, 0.29) is 5.91 Å². The summed E-state index contributed by atoms with van der Waals surface area (Å²) in [5, 5.41) is 3.19. The number of carbonyl (C=O) groups is 1. The molecule has 1 N–H and O–H groups in total. The van der Waals surface area contributed by atoms with Crippen LogP contribution in [0.15, 0.2) is 22.7 Å². The number of hydrogen-bond donors (Lipinski definition) is 1. The third-order valence-corrected chi connectivity index (χ3v) is 4.70. The normalized spacial score (nSPS) is 23.1. The second-order valence-corrected chi connectivity index (χ2v) is 6.47. The molecule has 0 bridgehead atoms. The van der Waals surface area contributed by atoms with E-state index in [1.807, 2.05) is 25.1 Å². The predicted molar refractivity (Wildman–Crippen MR) is 82.4 cm³/mol. The van der Waals surface area contributed by atoms with Crippen molar-refractivity contribution in [3.63, 3.8) is 0 Å². The van der Waals surface area contributed by atoms with Gasteiger partial charge in [0, 0.05) is 16.1 Å². The maximum atomic E-state index is 12.3. The number of nitrogens with one attached hydrogen (secondary N) is 1. The highest BCUT2D eigenvalue weighted by molar-refractivity contribution is 9.10. The monoisotopic (exact) mass is 323 g/mol. The van der Waals surface area contributed by atoms with Crippen LogP contribution in [-0.4, -0.2) is 11.9 Å². The molecule has 0 unspecified atom stereocenters. The van der Waals surface area contributed by atoms with Gasteiger partial charge in [0.25, 0.3) is 5.91 Å². The van der Waals surface area contributed by atoms with Gasteiger partial charge in [0.15, 0.2) is 0 Å². The zero-order valence-corrected chi connectivity index (χ0v) is 13.3. The highest BCUT2D eigenvalue weighted by Crippen LogP contribution is 2.27. The molecule has 0 spiro atoms. The molecule has 1 aliphatic rings. The van der Waals surface area contributed by atoms with Crippen molar-refractivity contribution in [2.75, 3.05) is 0 Å². The zero-order chi connectivity index (χ0) is 13.8. The molecule has 2 rings (SSSR count). The molecule has 1 fully saturated rings. The van der Waals surface area contributed by atoms with Crippen molar-refractivity contribution < 1.29 is 4.79 Å². The first-order chi connectivity index (χ1) is 9.10. The molecule has 104 valence electrons. The summed E-state index contributed by atoms with van der Waals surface area (Å²) in [7, 11) is 0. The SMILES string of the molecule is CCC1CCC(NC(=O)c2cc(Br)ccc2C)CC1. The van der Waals surface area contributed by atoms with Gasteiger partial charge in [-0.1, -0.05) is 35.3 Å². The molecule has 0 radical (unpaired) electrons. The van der Waals surface area contributed by atoms with Gasteiger partial charge in [0.1, 0.15) is 0 Å². The topological polar surface area (TPSA) is 29.1 Å². The summed E-state index contributed by atoms with van der Waals surface area (Å²) in [6.45, 7) is 4.24. The van der Waals surface area contributed by atoms with Crippen LogP contribution in [0, 0.1) is 12.8 Å². The average molecular weight is 324 g/mol. The standard InChI is InChI=1S/C16H22BrNO/c1-3-12-5-8-14(9-6-12)18-16(19)15-10-13(17)7-4-11(15)2/h4,7,10,12,14H,3,5-6,8-9H2,1-2H3,(H,18,19). The second kappa shape index (κ2) is 6.56. The minimum Gasteiger partial charge on any atom is -0.349 e. The smallest absolute Gasteiger partial charge is 0.251 e. The average Bonchev–Trinajstić information content (AvgIpc) is 2.42. The number of aryl methyl sites for hydroxylation is 1. The summed E-state index contributed by atoms with van der Waals surface area (Å²) < 4.78 is 0.956. The molecule has 1 aromatic rings. The first-order valence-electron chi connectivity index (χ1n) is 7.17. The van der Waals surface area contributed by atoms with Crippen molar-refractivity contribution in [2.24, 2.45) is 5.92 Å². The van der Waals surface area contributed by atoms with E-state index in [9.17, 15) is 4.79 Å². The zero-order valence-electron chi connectivity index (χ0n) is 11.7. The van der Waals surface area contributed by atoms with Gasteiger partial charge in [-0.25, -0.2) is 0 Å². The van der Waals surface area contributed by atoms with E-state index < -0.39 is 0 Å². The lowest BCUT2D eigenvalue weighted by molar-refractivity contribution is 0.0921. The maximum absolute atomic E-state index is 12.3. The van der Waals surface area contributed by atoms with Crippen molar-refractivity contribution in [2.45, 2.75) is 52.0 Å². The number of halogens is 1. The Labute approximate surface area is 124 Å². The Balaban J connectivity index is 1.96. The van der Waals surface area contributed by atoms with Crippen molar-refractivity contribution in [1.29, 1.82) is 0 Å². The fourth-order valence-electron chi connectivity index (χ4n) is 2.82. The molecule has 3 heteroatoms. The first-order valence-corrected chi connectivity index (χ1v) is 7.96. The number of benzene rings is 1. The largest absolute Gasteiger partial charge is 0.349 e. The lowest BCUT2D eigenvalue weighted by Gasteiger charge is -2.28. The molecule has 1 aliphatic carbocycles. The minimum atomic E-state index is 0.0683. The van der Waals surface area contributed by atoms with Crippen molar-refractivity contribution >= 4 is 21.8 Å².